The first-order chi connectivity index (χ1) is 11.6. The van der Waals surface area contributed by atoms with Gasteiger partial charge in [-0.1, -0.05) is 34.1 Å². The number of benzene rings is 1. The van der Waals surface area contributed by atoms with E-state index in [0.717, 1.165) is 22.9 Å². The number of ketones is 1. The van der Waals surface area contributed by atoms with Gasteiger partial charge < -0.3 is 9.47 Å². The van der Waals surface area contributed by atoms with Gasteiger partial charge in [-0.05, 0) is 24.5 Å². The lowest BCUT2D eigenvalue weighted by molar-refractivity contribution is -0.122. The van der Waals surface area contributed by atoms with Crippen LogP contribution in [0.15, 0.2) is 45.9 Å². The summed E-state index contributed by atoms with van der Waals surface area (Å²) in [5, 5.41) is 0. The third-order valence-electron chi connectivity index (χ3n) is 4.57. The van der Waals surface area contributed by atoms with Crippen LogP contribution in [0.25, 0.3) is 0 Å². The SMILES string of the molecule is Cn1ccnc(N2CCC(C(=O)Cc3ccccc3Br)CC2)c1=O. The molecule has 126 valence electrons. The summed E-state index contributed by atoms with van der Waals surface area (Å²) in [6.45, 7) is 1.39. The molecule has 0 radical (unpaired) electrons. The van der Waals surface area contributed by atoms with Gasteiger partial charge in [-0.2, -0.15) is 0 Å². The molecule has 0 atom stereocenters. The molecule has 3 rings (SSSR count). The van der Waals surface area contributed by atoms with E-state index in [-0.39, 0.29) is 17.3 Å². The first-order valence-corrected chi connectivity index (χ1v) is 8.88. The van der Waals surface area contributed by atoms with Gasteiger partial charge in [-0.15, -0.1) is 0 Å². The minimum absolute atomic E-state index is 0.0564. The topological polar surface area (TPSA) is 55.2 Å². The number of hydrogen-bond acceptors (Lipinski definition) is 4. The van der Waals surface area contributed by atoms with Crippen LogP contribution in [0.1, 0.15) is 18.4 Å². The van der Waals surface area contributed by atoms with Crippen molar-refractivity contribution in [2.45, 2.75) is 19.3 Å². The second kappa shape index (κ2) is 7.30. The first-order valence-electron chi connectivity index (χ1n) is 8.09. The third kappa shape index (κ3) is 3.59. The maximum absolute atomic E-state index is 12.6. The monoisotopic (exact) mass is 389 g/mol. The summed E-state index contributed by atoms with van der Waals surface area (Å²) in [5.41, 5.74) is 0.944. The van der Waals surface area contributed by atoms with Crippen LogP contribution >= 0.6 is 15.9 Å². The van der Waals surface area contributed by atoms with Crippen LogP contribution in [0.3, 0.4) is 0 Å². The zero-order valence-corrected chi connectivity index (χ0v) is 15.2. The predicted octanol–water partition coefficient (Wildman–Crippen LogP) is 2.57. The summed E-state index contributed by atoms with van der Waals surface area (Å²) < 4.78 is 2.51. The molecule has 6 heteroatoms. The number of rotatable bonds is 4. The van der Waals surface area contributed by atoms with Crippen molar-refractivity contribution in [2.24, 2.45) is 13.0 Å². The third-order valence-corrected chi connectivity index (χ3v) is 5.34. The van der Waals surface area contributed by atoms with E-state index in [1.165, 1.54) is 4.57 Å². The van der Waals surface area contributed by atoms with E-state index < -0.39 is 0 Å². The van der Waals surface area contributed by atoms with Gasteiger partial charge in [0.15, 0.2) is 5.82 Å². The van der Waals surface area contributed by atoms with Gasteiger partial charge in [0.05, 0.1) is 0 Å². The van der Waals surface area contributed by atoms with E-state index in [4.69, 9.17) is 0 Å². The Hall–Kier alpha value is -1.95. The lowest BCUT2D eigenvalue weighted by atomic mass is 9.89. The molecule has 0 amide bonds. The molecule has 0 saturated carbocycles. The number of hydrogen-bond donors (Lipinski definition) is 0. The van der Waals surface area contributed by atoms with Gasteiger partial charge in [0.25, 0.3) is 5.56 Å². The first kappa shape index (κ1) is 16.9. The maximum atomic E-state index is 12.6. The highest BCUT2D eigenvalue weighted by atomic mass is 79.9. The van der Waals surface area contributed by atoms with Gasteiger partial charge in [0.1, 0.15) is 5.78 Å². The van der Waals surface area contributed by atoms with E-state index in [9.17, 15) is 9.59 Å². The number of carbonyl (C=O) groups excluding carboxylic acids is 1. The van der Waals surface area contributed by atoms with E-state index in [0.29, 0.717) is 25.3 Å². The van der Waals surface area contributed by atoms with Gasteiger partial charge in [0, 0.05) is 49.3 Å². The Morgan fingerprint density at radius 3 is 2.71 bits per heavy atom. The average molecular weight is 390 g/mol. The number of anilines is 1. The molecule has 2 aromatic rings. The molecule has 1 aliphatic heterocycles. The second-order valence-corrected chi connectivity index (χ2v) is 7.02. The highest BCUT2D eigenvalue weighted by Crippen LogP contribution is 2.24. The second-order valence-electron chi connectivity index (χ2n) is 6.16. The van der Waals surface area contributed by atoms with E-state index >= 15 is 0 Å². The maximum Gasteiger partial charge on any atom is 0.293 e. The Morgan fingerprint density at radius 1 is 1.29 bits per heavy atom. The summed E-state index contributed by atoms with van der Waals surface area (Å²) >= 11 is 3.50. The van der Waals surface area contributed by atoms with Crippen molar-refractivity contribution in [3.8, 4) is 0 Å². The van der Waals surface area contributed by atoms with Crippen LogP contribution in [0.4, 0.5) is 5.82 Å². The fourth-order valence-corrected chi connectivity index (χ4v) is 3.51. The van der Waals surface area contributed by atoms with Crippen molar-refractivity contribution < 1.29 is 4.79 Å². The molecule has 1 aromatic heterocycles. The Kier molecular flexibility index (Phi) is 5.14. The van der Waals surface area contributed by atoms with Gasteiger partial charge in [-0.25, -0.2) is 4.98 Å². The molecule has 2 heterocycles. The van der Waals surface area contributed by atoms with Gasteiger partial charge >= 0.3 is 0 Å². The lowest BCUT2D eigenvalue weighted by Crippen LogP contribution is -2.40. The van der Waals surface area contributed by atoms with Crippen LogP contribution < -0.4 is 10.5 Å². The Bertz CT molecular complexity index is 795. The summed E-state index contributed by atoms with van der Waals surface area (Å²) in [6, 6.07) is 7.84. The number of aromatic nitrogens is 2. The lowest BCUT2D eigenvalue weighted by Gasteiger charge is -2.31. The smallest absolute Gasteiger partial charge is 0.293 e. The quantitative estimate of drug-likeness (QED) is 0.806. The standard InChI is InChI=1S/C18H20BrN3O2/c1-21-11-8-20-17(18(21)24)22-9-6-13(7-10-22)16(23)12-14-4-2-3-5-15(14)19/h2-5,8,11,13H,6-7,9-10,12H2,1H3. The van der Waals surface area contributed by atoms with Crippen LogP contribution in [-0.4, -0.2) is 28.4 Å². The fraction of sp³-hybridized carbons (Fsp3) is 0.389. The van der Waals surface area contributed by atoms with Crippen molar-refractivity contribution in [3.05, 3.63) is 57.0 Å². The summed E-state index contributed by atoms with van der Waals surface area (Å²) in [4.78, 5) is 30.9. The van der Waals surface area contributed by atoms with E-state index in [2.05, 4.69) is 20.9 Å². The van der Waals surface area contributed by atoms with E-state index in [1.54, 1.807) is 19.4 Å². The number of Topliss-reactive ketones (excluding diaryl/α,β-unsaturated/α-hetero) is 1. The van der Waals surface area contributed by atoms with Crippen LogP contribution in [-0.2, 0) is 18.3 Å². The molecule has 0 bridgehead atoms. The molecule has 1 aliphatic rings. The summed E-state index contributed by atoms with van der Waals surface area (Å²) in [6.07, 6.45) is 5.28. The molecule has 24 heavy (non-hydrogen) atoms. The van der Waals surface area contributed by atoms with Gasteiger partial charge in [0.2, 0.25) is 0 Å². The van der Waals surface area contributed by atoms with Crippen LogP contribution in [0.2, 0.25) is 0 Å². The number of carbonyl (C=O) groups is 1. The van der Waals surface area contributed by atoms with Crippen LogP contribution in [0.5, 0.6) is 0 Å². The van der Waals surface area contributed by atoms with Crippen molar-refractivity contribution in [2.75, 3.05) is 18.0 Å². The molecule has 1 fully saturated rings. The number of halogens is 1. The number of nitrogens with zero attached hydrogens (tertiary/aromatic N) is 3. The summed E-state index contributed by atoms with van der Waals surface area (Å²) in [7, 11) is 1.72. The number of piperidine rings is 1. The minimum Gasteiger partial charge on any atom is -0.352 e. The average Bonchev–Trinajstić information content (AvgIpc) is 2.59. The molecule has 0 aliphatic carbocycles. The van der Waals surface area contributed by atoms with E-state index in [1.807, 2.05) is 29.2 Å². The normalized spacial score (nSPS) is 15.5. The summed E-state index contributed by atoms with van der Waals surface area (Å²) in [5.74, 6) is 0.813. The van der Waals surface area contributed by atoms with Crippen molar-refractivity contribution in [1.82, 2.24) is 9.55 Å². The highest BCUT2D eigenvalue weighted by molar-refractivity contribution is 9.10. The number of aryl methyl sites for hydroxylation is 1. The largest absolute Gasteiger partial charge is 0.352 e. The molecule has 0 unspecified atom stereocenters. The molecular weight excluding hydrogens is 370 g/mol. The zero-order chi connectivity index (χ0) is 17.1. The molecule has 1 aromatic carbocycles. The van der Waals surface area contributed by atoms with Gasteiger partial charge in [-0.3, -0.25) is 9.59 Å². The molecule has 0 N–H and O–H groups in total. The predicted molar refractivity (Wildman–Crippen MR) is 97.3 cm³/mol. The molecule has 1 saturated heterocycles. The van der Waals surface area contributed by atoms with Crippen molar-refractivity contribution >= 4 is 27.5 Å². The fourth-order valence-electron chi connectivity index (χ4n) is 3.09. The Labute approximate surface area is 149 Å². The molecular formula is C18H20BrN3O2. The Balaban J connectivity index is 1.63. The zero-order valence-electron chi connectivity index (χ0n) is 13.6. The Morgan fingerprint density at radius 2 is 2.00 bits per heavy atom. The molecule has 0 spiro atoms. The highest BCUT2D eigenvalue weighted by Gasteiger charge is 2.27. The minimum atomic E-state index is -0.0875. The van der Waals surface area contributed by atoms with Crippen molar-refractivity contribution in [3.63, 3.8) is 0 Å². The van der Waals surface area contributed by atoms with Crippen molar-refractivity contribution in [1.29, 1.82) is 0 Å². The van der Waals surface area contributed by atoms with Crippen LogP contribution in [0, 0.1) is 5.92 Å². The molecule has 5 nitrogen and oxygen atoms in total.